The molecule has 1 amide bonds. The van der Waals surface area contributed by atoms with E-state index in [0.717, 1.165) is 15.9 Å². The van der Waals surface area contributed by atoms with E-state index in [0.29, 0.717) is 5.02 Å². The number of amides is 1. The predicted octanol–water partition coefficient (Wildman–Crippen LogP) is 3.76. The number of halogens is 1. The number of nitrogens with zero attached hydrogens (tertiary/aromatic N) is 2. The first-order chi connectivity index (χ1) is 14.8. The zero-order valence-corrected chi connectivity index (χ0v) is 17.7. The zero-order chi connectivity index (χ0) is 22.4. The Morgan fingerprint density at radius 3 is 2.32 bits per heavy atom. The summed E-state index contributed by atoms with van der Waals surface area (Å²) in [6.07, 6.45) is 0. The monoisotopic (exact) mass is 459 g/mol. The number of hydrogen-bond acceptors (Lipinski definition) is 5. The van der Waals surface area contributed by atoms with Crippen LogP contribution < -0.4 is 9.62 Å². The summed E-state index contributed by atoms with van der Waals surface area (Å²) in [5.74, 6) is -0.569. The summed E-state index contributed by atoms with van der Waals surface area (Å²) in [7, 11) is -4.15. The lowest BCUT2D eigenvalue weighted by Crippen LogP contribution is -2.40. The fraction of sp³-hybridized carbons (Fsp3) is 0.0952. The highest BCUT2D eigenvalue weighted by Crippen LogP contribution is 2.26. The minimum atomic E-state index is -4.15. The van der Waals surface area contributed by atoms with Crippen LogP contribution in [0.5, 0.6) is 0 Å². The number of non-ortho nitro benzene ring substituents is 1. The Bertz CT molecular complexity index is 1190. The van der Waals surface area contributed by atoms with Crippen LogP contribution in [0.25, 0.3) is 0 Å². The molecule has 0 bridgehead atoms. The van der Waals surface area contributed by atoms with E-state index in [1.54, 1.807) is 42.5 Å². The van der Waals surface area contributed by atoms with E-state index < -0.39 is 27.4 Å². The first kappa shape index (κ1) is 22.3. The average molecular weight is 460 g/mol. The molecule has 160 valence electrons. The lowest BCUT2D eigenvalue weighted by atomic mass is 10.2. The molecule has 0 aromatic heterocycles. The van der Waals surface area contributed by atoms with Gasteiger partial charge in [-0.25, -0.2) is 8.42 Å². The summed E-state index contributed by atoms with van der Waals surface area (Å²) < 4.78 is 27.3. The molecule has 1 N–H and O–H groups in total. The highest BCUT2D eigenvalue weighted by molar-refractivity contribution is 7.92. The smallest absolute Gasteiger partial charge is 0.271 e. The van der Waals surface area contributed by atoms with Gasteiger partial charge >= 0.3 is 0 Å². The van der Waals surface area contributed by atoms with Crippen molar-refractivity contribution in [3.63, 3.8) is 0 Å². The number of rotatable bonds is 8. The number of sulfonamides is 1. The van der Waals surface area contributed by atoms with Crippen molar-refractivity contribution in [2.24, 2.45) is 0 Å². The minimum absolute atomic E-state index is 0.0136. The third kappa shape index (κ3) is 5.59. The Kier molecular flexibility index (Phi) is 6.88. The van der Waals surface area contributed by atoms with Crippen LogP contribution in [0.3, 0.4) is 0 Å². The van der Waals surface area contributed by atoms with Crippen molar-refractivity contribution in [3.8, 4) is 0 Å². The topological polar surface area (TPSA) is 110 Å². The Morgan fingerprint density at radius 2 is 1.68 bits per heavy atom. The van der Waals surface area contributed by atoms with Gasteiger partial charge in [0.25, 0.3) is 15.7 Å². The van der Waals surface area contributed by atoms with Crippen LogP contribution in [-0.4, -0.2) is 25.8 Å². The van der Waals surface area contributed by atoms with E-state index >= 15 is 0 Å². The molecule has 0 unspecified atom stereocenters. The van der Waals surface area contributed by atoms with E-state index in [4.69, 9.17) is 11.6 Å². The Labute approximate surface area is 184 Å². The van der Waals surface area contributed by atoms with Gasteiger partial charge in [0.2, 0.25) is 5.91 Å². The molecule has 0 heterocycles. The first-order valence-electron chi connectivity index (χ1n) is 9.11. The fourth-order valence-corrected chi connectivity index (χ4v) is 4.35. The summed E-state index contributed by atoms with van der Waals surface area (Å²) in [6.45, 7) is -0.379. The van der Waals surface area contributed by atoms with E-state index in [-0.39, 0.29) is 22.8 Å². The van der Waals surface area contributed by atoms with Crippen molar-refractivity contribution < 1.29 is 18.1 Å². The van der Waals surface area contributed by atoms with Gasteiger partial charge in [0.05, 0.1) is 15.5 Å². The van der Waals surface area contributed by atoms with Gasteiger partial charge in [-0.05, 0) is 35.9 Å². The molecule has 3 aromatic rings. The van der Waals surface area contributed by atoms with Gasteiger partial charge in [0.15, 0.2) is 0 Å². The van der Waals surface area contributed by atoms with Crippen molar-refractivity contribution in [2.75, 3.05) is 10.8 Å². The number of benzene rings is 3. The van der Waals surface area contributed by atoms with Crippen molar-refractivity contribution in [2.45, 2.75) is 11.4 Å². The lowest BCUT2D eigenvalue weighted by molar-refractivity contribution is -0.384. The summed E-state index contributed by atoms with van der Waals surface area (Å²) in [5, 5.41) is 14.4. The molecule has 10 heteroatoms. The molecule has 0 spiro atoms. The molecular formula is C21H18ClN3O5S. The Morgan fingerprint density at radius 1 is 1.00 bits per heavy atom. The van der Waals surface area contributed by atoms with E-state index in [9.17, 15) is 23.3 Å². The number of hydrogen-bond donors (Lipinski definition) is 1. The molecule has 0 aliphatic carbocycles. The number of nitrogens with one attached hydrogen (secondary N) is 1. The summed E-state index contributed by atoms with van der Waals surface area (Å²) in [5.41, 5.74) is 0.512. The average Bonchev–Trinajstić information content (AvgIpc) is 2.77. The quantitative estimate of drug-likeness (QED) is 0.407. The van der Waals surface area contributed by atoms with Crippen LogP contribution in [0.1, 0.15) is 5.56 Å². The molecule has 3 rings (SSSR count). The second kappa shape index (κ2) is 9.59. The van der Waals surface area contributed by atoms with Crippen LogP contribution >= 0.6 is 11.6 Å². The summed E-state index contributed by atoms with van der Waals surface area (Å²) in [4.78, 5) is 23.1. The van der Waals surface area contributed by atoms with Gasteiger partial charge in [-0.2, -0.15) is 0 Å². The second-order valence-electron chi connectivity index (χ2n) is 6.50. The molecule has 0 saturated carbocycles. The van der Waals surface area contributed by atoms with Crippen molar-refractivity contribution >= 4 is 38.9 Å². The normalized spacial score (nSPS) is 11.0. The maximum absolute atomic E-state index is 13.2. The SMILES string of the molecule is O=C(CN(c1cccc([N+](=O)[O-])c1)S(=O)(=O)c1ccccc1)NCc1ccc(Cl)cc1. The van der Waals surface area contributed by atoms with Crippen molar-refractivity contribution in [1.29, 1.82) is 0 Å². The van der Waals surface area contributed by atoms with Gasteiger partial charge < -0.3 is 5.32 Å². The summed E-state index contributed by atoms with van der Waals surface area (Å²) >= 11 is 5.85. The van der Waals surface area contributed by atoms with Crippen LogP contribution in [0.4, 0.5) is 11.4 Å². The van der Waals surface area contributed by atoms with Gasteiger partial charge in [-0.3, -0.25) is 19.2 Å². The van der Waals surface area contributed by atoms with Crippen molar-refractivity contribution in [1.82, 2.24) is 5.32 Å². The molecule has 0 atom stereocenters. The van der Waals surface area contributed by atoms with E-state index in [2.05, 4.69) is 5.32 Å². The standard InChI is InChI=1S/C21H18ClN3O5S/c22-17-11-9-16(10-12-17)14-23-21(26)15-24(18-5-4-6-19(13-18)25(27)28)31(29,30)20-7-2-1-3-8-20/h1-13H,14-15H2,(H,23,26). The third-order valence-corrected chi connectivity index (χ3v) is 6.39. The van der Waals surface area contributed by atoms with Crippen LogP contribution in [0.15, 0.2) is 83.8 Å². The Balaban J connectivity index is 1.88. The maximum Gasteiger partial charge on any atom is 0.271 e. The summed E-state index contributed by atoms with van der Waals surface area (Å²) in [6, 6.07) is 19.5. The number of carbonyl (C=O) groups excluding carboxylic acids is 1. The second-order valence-corrected chi connectivity index (χ2v) is 8.80. The molecule has 8 nitrogen and oxygen atoms in total. The van der Waals surface area contributed by atoms with Gasteiger partial charge in [0.1, 0.15) is 6.54 Å². The predicted molar refractivity (Wildman–Crippen MR) is 117 cm³/mol. The fourth-order valence-electron chi connectivity index (χ4n) is 2.79. The molecular weight excluding hydrogens is 442 g/mol. The van der Waals surface area contributed by atoms with E-state index in [1.807, 2.05) is 0 Å². The number of nitro benzene ring substituents is 1. The largest absolute Gasteiger partial charge is 0.350 e. The minimum Gasteiger partial charge on any atom is -0.350 e. The van der Waals surface area contributed by atoms with E-state index in [1.165, 1.54) is 30.3 Å². The highest BCUT2D eigenvalue weighted by atomic mass is 35.5. The first-order valence-corrected chi connectivity index (χ1v) is 10.9. The third-order valence-electron chi connectivity index (χ3n) is 4.35. The Hall–Kier alpha value is -3.43. The molecule has 0 aliphatic rings. The molecule has 0 radical (unpaired) electrons. The maximum atomic E-state index is 13.2. The molecule has 0 aliphatic heterocycles. The van der Waals surface area contributed by atoms with Gasteiger partial charge in [0, 0.05) is 23.7 Å². The van der Waals surface area contributed by atoms with Crippen LogP contribution in [0, 0.1) is 10.1 Å². The van der Waals surface area contributed by atoms with Gasteiger partial charge in [-0.15, -0.1) is 0 Å². The highest BCUT2D eigenvalue weighted by Gasteiger charge is 2.28. The molecule has 3 aromatic carbocycles. The number of carbonyl (C=O) groups is 1. The zero-order valence-electron chi connectivity index (χ0n) is 16.1. The molecule has 0 fully saturated rings. The molecule has 0 saturated heterocycles. The molecule has 31 heavy (non-hydrogen) atoms. The number of nitro groups is 1. The van der Waals surface area contributed by atoms with Crippen LogP contribution in [-0.2, 0) is 21.4 Å². The van der Waals surface area contributed by atoms with Crippen LogP contribution in [0.2, 0.25) is 5.02 Å². The number of anilines is 1. The van der Waals surface area contributed by atoms with Gasteiger partial charge in [-0.1, -0.05) is 48.0 Å². The lowest BCUT2D eigenvalue weighted by Gasteiger charge is -2.24. The van der Waals surface area contributed by atoms with Crippen molar-refractivity contribution in [3.05, 3.63) is 99.6 Å².